The lowest BCUT2D eigenvalue weighted by atomic mass is 9.97. The molecule has 0 aliphatic carbocycles. The van der Waals surface area contributed by atoms with Gasteiger partial charge in [0.15, 0.2) is 0 Å². The van der Waals surface area contributed by atoms with Crippen molar-refractivity contribution in [1.82, 2.24) is 25.0 Å². The third kappa shape index (κ3) is 6.27. The number of piperidine rings is 1. The number of hydrogen-bond acceptors (Lipinski definition) is 6. The van der Waals surface area contributed by atoms with Gasteiger partial charge in [0, 0.05) is 32.0 Å². The molecule has 0 saturated carbocycles. The Morgan fingerprint density at radius 1 is 1.21 bits per heavy atom. The summed E-state index contributed by atoms with van der Waals surface area (Å²) in [6.07, 6.45) is 9.39. The standard InChI is InChI=1S/C21H34N6OS/c1-3-5-12-25(4-2)13-9-11-22-19(28)18-10-8-16-27(17-18)21-24-23-20(29-21)26-14-6-7-15-26/h6-7,14-15,18H,3-5,8-13,16-17H2,1-2H3,(H,22,28)/t18-/m1/s1. The minimum absolute atomic E-state index is 0.0325. The zero-order valence-corrected chi connectivity index (χ0v) is 18.5. The first-order valence-corrected chi connectivity index (χ1v) is 11.7. The second-order valence-corrected chi connectivity index (χ2v) is 8.61. The minimum atomic E-state index is 0.0325. The molecule has 1 saturated heterocycles. The molecule has 7 nitrogen and oxygen atoms in total. The van der Waals surface area contributed by atoms with Crippen molar-refractivity contribution >= 4 is 22.4 Å². The molecule has 160 valence electrons. The van der Waals surface area contributed by atoms with Gasteiger partial charge in [-0.2, -0.15) is 0 Å². The maximum absolute atomic E-state index is 12.7. The van der Waals surface area contributed by atoms with Gasteiger partial charge in [-0.25, -0.2) is 0 Å². The first-order valence-electron chi connectivity index (χ1n) is 10.9. The van der Waals surface area contributed by atoms with Gasteiger partial charge in [0.05, 0.1) is 5.92 Å². The van der Waals surface area contributed by atoms with Crippen LogP contribution in [0.25, 0.3) is 5.13 Å². The summed E-state index contributed by atoms with van der Waals surface area (Å²) in [5.74, 6) is 0.214. The van der Waals surface area contributed by atoms with Crippen LogP contribution in [0.3, 0.4) is 0 Å². The summed E-state index contributed by atoms with van der Waals surface area (Å²) in [6.45, 7) is 10.2. The Morgan fingerprint density at radius 3 is 2.72 bits per heavy atom. The maximum atomic E-state index is 12.7. The second-order valence-electron chi connectivity index (χ2n) is 7.68. The number of nitrogens with one attached hydrogen (secondary N) is 1. The number of carbonyl (C=O) groups is 1. The lowest BCUT2D eigenvalue weighted by molar-refractivity contribution is -0.125. The van der Waals surface area contributed by atoms with Crippen molar-refractivity contribution in [3.8, 4) is 5.13 Å². The molecular weight excluding hydrogens is 384 g/mol. The molecule has 8 heteroatoms. The third-order valence-corrected chi connectivity index (χ3v) is 6.51. The van der Waals surface area contributed by atoms with E-state index >= 15 is 0 Å². The highest BCUT2D eigenvalue weighted by atomic mass is 32.1. The molecule has 2 aromatic heterocycles. The molecule has 3 rings (SSSR count). The molecule has 1 aliphatic rings. The van der Waals surface area contributed by atoms with Crippen LogP contribution in [0, 0.1) is 5.92 Å². The van der Waals surface area contributed by atoms with E-state index in [4.69, 9.17) is 0 Å². The van der Waals surface area contributed by atoms with Gasteiger partial charge >= 0.3 is 0 Å². The van der Waals surface area contributed by atoms with E-state index in [0.29, 0.717) is 0 Å². The summed E-state index contributed by atoms with van der Waals surface area (Å²) in [6, 6.07) is 3.96. The molecule has 1 fully saturated rings. The number of unbranched alkanes of at least 4 members (excludes halogenated alkanes) is 1. The van der Waals surface area contributed by atoms with E-state index in [1.54, 1.807) is 11.3 Å². The second kappa shape index (κ2) is 11.3. The Labute approximate surface area is 178 Å². The van der Waals surface area contributed by atoms with Gasteiger partial charge in [-0.1, -0.05) is 31.6 Å². The Hall–Kier alpha value is -1.93. The zero-order valence-electron chi connectivity index (χ0n) is 17.7. The molecule has 29 heavy (non-hydrogen) atoms. The molecule has 1 atom stereocenters. The summed E-state index contributed by atoms with van der Waals surface area (Å²) >= 11 is 1.57. The van der Waals surface area contributed by atoms with Crippen LogP contribution < -0.4 is 10.2 Å². The molecule has 1 N–H and O–H groups in total. The minimum Gasteiger partial charge on any atom is -0.356 e. The molecule has 0 unspecified atom stereocenters. The molecule has 0 spiro atoms. The third-order valence-electron chi connectivity index (χ3n) is 5.52. The summed E-state index contributed by atoms with van der Waals surface area (Å²) in [7, 11) is 0. The number of carbonyl (C=O) groups excluding carboxylic acids is 1. The van der Waals surface area contributed by atoms with Gasteiger partial charge in [-0.05, 0) is 57.5 Å². The Bertz CT molecular complexity index is 731. The number of anilines is 1. The fourth-order valence-electron chi connectivity index (χ4n) is 3.74. The quantitative estimate of drug-likeness (QED) is 0.568. The lowest BCUT2D eigenvalue weighted by Gasteiger charge is -2.31. The average Bonchev–Trinajstić information content (AvgIpc) is 3.45. The van der Waals surface area contributed by atoms with Crippen LogP contribution in [-0.4, -0.2) is 64.8 Å². The highest BCUT2D eigenvalue weighted by Gasteiger charge is 2.27. The van der Waals surface area contributed by atoms with Gasteiger partial charge in [-0.15, -0.1) is 10.2 Å². The predicted molar refractivity (Wildman–Crippen MR) is 119 cm³/mol. The first kappa shape index (κ1) is 21.8. The van der Waals surface area contributed by atoms with Gasteiger partial charge in [0.2, 0.25) is 16.2 Å². The Kier molecular flexibility index (Phi) is 8.49. The fraction of sp³-hybridized carbons (Fsp3) is 0.667. The highest BCUT2D eigenvalue weighted by molar-refractivity contribution is 7.17. The summed E-state index contributed by atoms with van der Waals surface area (Å²) in [5.41, 5.74) is 0. The van der Waals surface area contributed by atoms with Crippen LogP contribution in [0.15, 0.2) is 24.5 Å². The van der Waals surface area contributed by atoms with Crippen LogP contribution >= 0.6 is 11.3 Å². The van der Waals surface area contributed by atoms with Crippen LogP contribution in [-0.2, 0) is 4.79 Å². The van der Waals surface area contributed by atoms with E-state index in [1.807, 2.05) is 29.1 Å². The number of hydrogen-bond donors (Lipinski definition) is 1. The van der Waals surface area contributed by atoms with Crippen molar-refractivity contribution in [2.45, 2.75) is 46.0 Å². The first-order chi connectivity index (χ1) is 14.2. The summed E-state index contributed by atoms with van der Waals surface area (Å²) in [5, 5.41) is 13.6. The van der Waals surface area contributed by atoms with Crippen molar-refractivity contribution < 1.29 is 4.79 Å². The van der Waals surface area contributed by atoms with Crippen molar-refractivity contribution in [2.75, 3.05) is 44.2 Å². The van der Waals surface area contributed by atoms with E-state index in [0.717, 1.165) is 68.8 Å². The van der Waals surface area contributed by atoms with Crippen molar-refractivity contribution in [2.24, 2.45) is 5.92 Å². The average molecular weight is 419 g/mol. The number of rotatable bonds is 11. The van der Waals surface area contributed by atoms with Gasteiger partial charge in [-0.3, -0.25) is 9.36 Å². The van der Waals surface area contributed by atoms with E-state index < -0.39 is 0 Å². The van der Waals surface area contributed by atoms with E-state index in [-0.39, 0.29) is 11.8 Å². The van der Waals surface area contributed by atoms with Crippen molar-refractivity contribution in [1.29, 1.82) is 0 Å². The molecule has 0 bridgehead atoms. The molecule has 0 aromatic carbocycles. The molecule has 1 amide bonds. The fourth-order valence-corrected chi connectivity index (χ4v) is 4.58. The van der Waals surface area contributed by atoms with Crippen LogP contribution in [0.5, 0.6) is 0 Å². The zero-order chi connectivity index (χ0) is 20.5. The lowest BCUT2D eigenvalue weighted by Crippen LogP contribution is -2.43. The topological polar surface area (TPSA) is 66.3 Å². The number of amides is 1. The van der Waals surface area contributed by atoms with E-state index in [1.165, 1.54) is 12.8 Å². The smallest absolute Gasteiger partial charge is 0.224 e. The number of aromatic nitrogens is 3. The molecular formula is C21H34N6OS. The van der Waals surface area contributed by atoms with Crippen LogP contribution in [0.1, 0.15) is 46.0 Å². The molecule has 1 aliphatic heterocycles. The molecule has 3 heterocycles. The number of nitrogens with zero attached hydrogens (tertiary/aromatic N) is 5. The summed E-state index contributed by atoms with van der Waals surface area (Å²) < 4.78 is 1.97. The van der Waals surface area contributed by atoms with Crippen molar-refractivity contribution in [3.63, 3.8) is 0 Å². The van der Waals surface area contributed by atoms with E-state index in [2.05, 4.69) is 39.2 Å². The van der Waals surface area contributed by atoms with Gasteiger partial charge < -0.3 is 15.1 Å². The molecule has 0 radical (unpaired) electrons. The Balaban J connectivity index is 1.43. The molecule has 2 aromatic rings. The monoisotopic (exact) mass is 418 g/mol. The SMILES string of the molecule is CCCCN(CC)CCCNC(=O)[C@@H]1CCCN(c2nnc(-n3cccc3)s2)C1. The predicted octanol–water partition coefficient (Wildman–Crippen LogP) is 3.17. The Morgan fingerprint density at radius 2 is 1.97 bits per heavy atom. The van der Waals surface area contributed by atoms with Crippen molar-refractivity contribution in [3.05, 3.63) is 24.5 Å². The van der Waals surface area contributed by atoms with E-state index in [9.17, 15) is 4.79 Å². The van der Waals surface area contributed by atoms with Crippen LogP contribution in [0.2, 0.25) is 0 Å². The van der Waals surface area contributed by atoms with Gasteiger partial charge in [0.1, 0.15) is 0 Å². The summed E-state index contributed by atoms with van der Waals surface area (Å²) in [4.78, 5) is 17.3. The maximum Gasteiger partial charge on any atom is 0.224 e. The van der Waals surface area contributed by atoms with Gasteiger partial charge in [0.25, 0.3) is 0 Å². The largest absolute Gasteiger partial charge is 0.356 e. The van der Waals surface area contributed by atoms with Crippen LogP contribution in [0.4, 0.5) is 5.13 Å². The highest BCUT2D eigenvalue weighted by Crippen LogP contribution is 2.27. The normalized spacial score (nSPS) is 17.1.